The second kappa shape index (κ2) is 12.4. The van der Waals surface area contributed by atoms with Crippen molar-refractivity contribution < 1.29 is 9.47 Å². The maximum Gasteiger partial charge on any atom is 0.119 e. The lowest BCUT2D eigenvalue weighted by atomic mass is 10.1. The van der Waals surface area contributed by atoms with Crippen LogP contribution >= 0.6 is 0 Å². The van der Waals surface area contributed by atoms with Gasteiger partial charge in [0.05, 0.1) is 32.1 Å². The number of anilines is 2. The van der Waals surface area contributed by atoms with Crippen molar-refractivity contribution in [1.82, 2.24) is 0 Å². The number of nitroso groups, excluding NO2 is 1. The van der Waals surface area contributed by atoms with Crippen molar-refractivity contribution in [2.45, 2.75) is 0 Å². The number of methoxy groups -OCH3 is 2. The fourth-order valence-electron chi connectivity index (χ4n) is 3.39. The minimum atomic E-state index is 0.285. The SMILES string of the molecule is C=C/C(=C\C=C\OC)N(c1ccc(/C=C/c2cc(C#N)ccc2N=O)cc1)c1ccc(OC)cc1. The summed E-state index contributed by atoms with van der Waals surface area (Å²) in [4.78, 5) is 13.2. The van der Waals surface area contributed by atoms with Crippen molar-refractivity contribution >= 4 is 29.2 Å². The molecular weight excluding hydrogens is 438 g/mol. The van der Waals surface area contributed by atoms with E-state index in [1.165, 1.54) is 0 Å². The summed E-state index contributed by atoms with van der Waals surface area (Å²) in [5, 5.41) is 12.2. The van der Waals surface area contributed by atoms with Crippen molar-refractivity contribution in [1.29, 1.82) is 5.26 Å². The summed E-state index contributed by atoms with van der Waals surface area (Å²) in [6.07, 6.45) is 10.7. The predicted octanol–water partition coefficient (Wildman–Crippen LogP) is 7.50. The smallest absolute Gasteiger partial charge is 0.119 e. The number of ether oxygens (including phenoxy) is 2. The lowest BCUT2D eigenvalue weighted by Gasteiger charge is -2.26. The highest BCUT2D eigenvalue weighted by Crippen LogP contribution is 2.32. The summed E-state index contributed by atoms with van der Waals surface area (Å²) < 4.78 is 10.3. The van der Waals surface area contributed by atoms with Crippen LogP contribution in [0.4, 0.5) is 17.1 Å². The molecule has 6 heteroatoms. The van der Waals surface area contributed by atoms with E-state index in [0.717, 1.165) is 28.4 Å². The molecule has 174 valence electrons. The van der Waals surface area contributed by atoms with Gasteiger partial charge < -0.3 is 14.4 Å². The average molecular weight is 464 g/mol. The molecule has 0 unspecified atom stereocenters. The van der Waals surface area contributed by atoms with Gasteiger partial charge in [0.25, 0.3) is 0 Å². The van der Waals surface area contributed by atoms with Crippen molar-refractivity contribution in [2.24, 2.45) is 5.18 Å². The molecule has 3 aromatic rings. The maximum atomic E-state index is 11.1. The lowest BCUT2D eigenvalue weighted by molar-refractivity contribution is 0.338. The van der Waals surface area contributed by atoms with Gasteiger partial charge in [0, 0.05) is 22.6 Å². The summed E-state index contributed by atoms with van der Waals surface area (Å²) >= 11 is 0. The van der Waals surface area contributed by atoms with Gasteiger partial charge in [-0.2, -0.15) is 5.26 Å². The Morgan fingerprint density at radius 3 is 2.26 bits per heavy atom. The van der Waals surface area contributed by atoms with Crippen molar-refractivity contribution in [2.75, 3.05) is 19.1 Å². The number of nitriles is 1. The zero-order valence-corrected chi connectivity index (χ0v) is 19.6. The number of rotatable bonds is 10. The zero-order chi connectivity index (χ0) is 25.0. The molecule has 3 rings (SSSR count). The normalized spacial score (nSPS) is 11.3. The highest BCUT2D eigenvalue weighted by molar-refractivity contribution is 5.78. The molecule has 3 aromatic carbocycles. The number of nitrogens with zero attached hydrogens (tertiary/aromatic N) is 3. The Kier molecular flexibility index (Phi) is 8.75. The molecule has 0 N–H and O–H groups in total. The first-order valence-electron chi connectivity index (χ1n) is 10.8. The average Bonchev–Trinajstić information content (AvgIpc) is 2.92. The molecule has 35 heavy (non-hydrogen) atoms. The van der Waals surface area contributed by atoms with Crippen LogP contribution in [0.25, 0.3) is 12.2 Å². The van der Waals surface area contributed by atoms with Gasteiger partial charge in [0.1, 0.15) is 11.4 Å². The summed E-state index contributed by atoms with van der Waals surface area (Å²) in [5.41, 5.74) is 4.96. The molecule has 0 aliphatic carbocycles. The third-order valence-electron chi connectivity index (χ3n) is 5.14. The van der Waals surface area contributed by atoms with E-state index >= 15 is 0 Å². The van der Waals surface area contributed by atoms with E-state index in [-0.39, 0.29) is 5.69 Å². The van der Waals surface area contributed by atoms with E-state index in [9.17, 15) is 4.91 Å². The molecule has 0 saturated carbocycles. The third-order valence-corrected chi connectivity index (χ3v) is 5.14. The second-order valence-electron chi connectivity index (χ2n) is 7.29. The Morgan fingerprint density at radius 2 is 1.69 bits per heavy atom. The molecule has 0 radical (unpaired) electrons. The van der Waals surface area contributed by atoms with E-state index < -0.39 is 0 Å². The predicted molar refractivity (Wildman–Crippen MR) is 142 cm³/mol. The fraction of sp³-hybridized carbons (Fsp3) is 0.0690. The van der Waals surface area contributed by atoms with Crippen LogP contribution in [0.3, 0.4) is 0 Å². The minimum absolute atomic E-state index is 0.285. The standard InChI is InChI=1S/C29H25N3O3/c1-4-25(6-5-19-34-2)32(27-14-16-28(35-3)17-15-27)26-12-8-22(9-13-26)7-11-24-20-23(21-30)10-18-29(24)31-33/h4-20H,1H2,2-3H3/b11-7+,19-5+,25-6+. The summed E-state index contributed by atoms with van der Waals surface area (Å²) in [5.74, 6) is 0.766. The van der Waals surface area contributed by atoms with Crippen LogP contribution < -0.4 is 9.64 Å². The van der Waals surface area contributed by atoms with E-state index in [4.69, 9.17) is 14.7 Å². The Bertz CT molecular complexity index is 1300. The molecule has 0 bridgehead atoms. The topological polar surface area (TPSA) is 74.9 Å². The van der Waals surface area contributed by atoms with Crippen molar-refractivity contribution in [3.63, 3.8) is 0 Å². The Hall–Kier alpha value is -4.89. The highest BCUT2D eigenvalue weighted by Gasteiger charge is 2.13. The van der Waals surface area contributed by atoms with Crippen LogP contribution in [0.15, 0.2) is 109 Å². The van der Waals surface area contributed by atoms with Gasteiger partial charge in [-0.15, -0.1) is 4.91 Å². The van der Waals surface area contributed by atoms with E-state index in [0.29, 0.717) is 11.1 Å². The van der Waals surface area contributed by atoms with Crippen molar-refractivity contribution in [3.8, 4) is 11.8 Å². The Labute approximate surface area is 205 Å². The second-order valence-corrected chi connectivity index (χ2v) is 7.29. The molecule has 0 spiro atoms. The molecule has 6 nitrogen and oxygen atoms in total. The summed E-state index contributed by atoms with van der Waals surface area (Å²) in [6.45, 7) is 3.98. The first-order chi connectivity index (χ1) is 17.1. The Balaban J connectivity index is 1.96. The summed E-state index contributed by atoms with van der Waals surface area (Å²) in [6, 6.07) is 22.5. The Morgan fingerprint density at radius 1 is 1.00 bits per heavy atom. The highest BCUT2D eigenvalue weighted by atomic mass is 16.5. The van der Waals surface area contributed by atoms with Gasteiger partial charge in [0.15, 0.2) is 0 Å². The van der Waals surface area contributed by atoms with Crippen molar-refractivity contribution in [3.05, 3.63) is 125 Å². The molecule has 0 fully saturated rings. The van der Waals surface area contributed by atoms with E-state index in [2.05, 4.69) is 22.7 Å². The molecule has 0 atom stereocenters. The van der Waals surface area contributed by atoms with Crippen LogP contribution in [-0.4, -0.2) is 14.2 Å². The van der Waals surface area contributed by atoms with Gasteiger partial charge in [-0.3, -0.25) is 0 Å². The lowest BCUT2D eigenvalue weighted by Crippen LogP contribution is -2.14. The third kappa shape index (κ3) is 6.34. The number of benzene rings is 3. The quantitative estimate of drug-likeness (QED) is 0.135. The van der Waals surface area contributed by atoms with Gasteiger partial charge in [-0.05, 0) is 83.6 Å². The van der Waals surface area contributed by atoms with Crippen LogP contribution in [0.2, 0.25) is 0 Å². The molecule has 0 aromatic heterocycles. The van der Waals surface area contributed by atoms with Gasteiger partial charge in [-0.1, -0.05) is 30.9 Å². The van der Waals surface area contributed by atoms with Crippen LogP contribution in [0.5, 0.6) is 5.75 Å². The number of hydrogen-bond donors (Lipinski definition) is 0. The first-order valence-corrected chi connectivity index (χ1v) is 10.8. The van der Waals surface area contributed by atoms with Gasteiger partial charge in [-0.25, -0.2) is 0 Å². The molecular formula is C29H25N3O3. The van der Waals surface area contributed by atoms with E-state index in [1.807, 2.05) is 60.7 Å². The van der Waals surface area contributed by atoms with Gasteiger partial charge >= 0.3 is 0 Å². The number of hydrogen-bond acceptors (Lipinski definition) is 6. The molecule has 0 amide bonds. The summed E-state index contributed by atoms with van der Waals surface area (Å²) in [7, 11) is 3.23. The van der Waals surface area contributed by atoms with Crippen LogP contribution in [-0.2, 0) is 4.74 Å². The van der Waals surface area contributed by atoms with Crippen LogP contribution in [0.1, 0.15) is 16.7 Å². The zero-order valence-electron chi connectivity index (χ0n) is 19.6. The molecule has 0 heterocycles. The fourth-order valence-corrected chi connectivity index (χ4v) is 3.39. The minimum Gasteiger partial charge on any atom is -0.504 e. The monoisotopic (exact) mass is 463 g/mol. The maximum absolute atomic E-state index is 11.1. The first kappa shape index (κ1) is 24.7. The van der Waals surface area contributed by atoms with E-state index in [1.54, 1.807) is 56.9 Å². The molecule has 0 aliphatic rings. The van der Waals surface area contributed by atoms with Crippen LogP contribution in [0, 0.1) is 16.2 Å². The molecule has 0 aliphatic heterocycles. The largest absolute Gasteiger partial charge is 0.504 e. The van der Waals surface area contributed by atoms with Gasteiger partial charge in [0.2, 0.25) is 0 Å². The number of allylic oxidation sites excluding steroid dienone is 3. The molecule has 0 saturated heterocycles.